The van der Waals surface area contributed by atoms with Crippen LogP contribution < -0.4 is 10.1 Å². The van der Waals surface area contributed by atoms with E-state index in [1.807, 2.05) is 0 Å². The van der Waals surface area contributed by atoms with Gasteiger partial charge in [0.25, 0.3) is 5.91 Å². The van der Waals surface area contributed by atoms with Crippen molar-refractivity contribution >= 4 is 52.4 Å². The lowest BCUT2D eigenvalue weighted by Gasteiger charge is -2.11. The normalized spacial score (nSPS) is 10.4. The lowest BCUT2D eigenvalue weighted by atomic mass is 10.2. The number of anilines is 1. The Morgan fingerprint density at radius 2 is 1.63 bits per heavy atom. The molecule has 0 spiro atoms. The fourth-order valence-corrected chi connectivity index (χ4v) is 2.88. The number of rotatable bonds is 8. The molecule has 1 amide bonds. The van der Waals surface area contributed by atoms with Crippen LogP contribution in [0.25, 0.3) is 0 Å². The molecule has 0 heterocycles. The zero-order valence-corrected chi connectivity index (χ0v) is 16.5. The van der Waals surface area contributed by atoms with Crippen LogP contribution >= 0.6 is 34.8 Å². The molecule has 0 aliphatic heterocycles. The van der Waals surface area contributed by atoms with E-state index in [2.05, 4.69) is 5.32 Å². The standard InChI is InChI=1S/C18H16Cl3NO5/c1-25-6-7-26-16(23)10-27-13-4-2-11(3-5-13)18(24)22-17-14(20)8-12(19)9-15(17)21/h2-5,8-9H,6-7,10H2,1H3,(H,22,24). The topological polar surface area (TPSA) is 73.9 Å². The van der Waals surface area contributed by atoms with Crippen molar-refractivity contribution in [2.45, 2.75) is 0 Å². The number of hydrogen-bond donors (Lipinski definition) is 1. The highest BCUT2D eigenvalue weighted by Gasteiger charge is 2.13. The Balaban J connectivity index is 1.93. The second kappa shape index (κ2) is 10.4. The van der Waals surface area contributed by atoms with E-state index in [0.29, 0.717) is 22.9 Å². The van der Waals surface area contributed by atoms with Gasteiger partial charge in [-0.25, -0.2) is 4.79 Å². The Kier molecular flexibility index (Phi) is 8.19. The molecule has 0 saturated heterocycles. The van der Waals surface area contributed by atoms with Gasteiger partial charge in [-0.15, -0.1) is 0 Å². The van der Waals surface area contributed by atoms with E-state index in [9.17, 15) is 9.59 Å². The number of ether oxygens (including phenoxy) is 3. The molecule has 2 aromatic carbocycles. The number of halogens is 3. The molecule has 27 heavy (non-hydrogen) atoms. The van der Waals surface area contributed by atoms with E-state index < -0.39 is 11.9 Å². The summed E-state index contributed by atoms with van der Waals surface area (Å²) in [5.41, 5.74) is 0.624. The average Bonchev–Trinajstić information content (AvgIpc) is 2.63. The lowest BCUT2D eigenvalue weighted by molar-refractivity contribution is -0.147. The number of carbonyl (C=O) groups is 2. The summed E-state index contributed by atoms with van der Waals surface area (Å²) in [5, 5.41) is 3.46. The zero-order valence-electron chi connectivity index (χ0n) is 14.3. The van der Waals surface area contributed by atoms with Crippen molar-refractivity contribution in [3.8, 4) is 5.75 Å². The van der Waals surface area contributed by atoms with E-state index in [4.69, 9.17) is 49.0 Å². The summed E-state index contributed by atoms with van der Waals surface area (Å²) in [6, 6.07) is 9.16. The number of esters is 1. The molecule has 0 atom stereocenters. The number of carbonyl (C=O) groups excluding carboxylic acids is 2. The van der Waals surface area contributed by atoms with Crippen molar-refractivity contribution in [3.05, 3.63) is 57.0 Å². The predicted octanol–water partition coefficient (Wildman–Crippen LogP) is 4.47. The summed E-state index contributed by atoms with van der Waals surface area (Å²) in [6.45, 7) is 0.232. The van der Waals surface area contributed by atoms with Gasteiger partial charge >= 0.3 is 5.97 Å². The van der Waals surface area contributed by atoms with E-state index in [-0.39, 0.29) is 28.9 Å². The Morgan fingerprint density at radius 1 is 1.00 bits per heavy atom. The Labute approximate surface area is 171 Å². The smallest absolute Gasteiger partial charge is 0.344 e. The van der Waals surface area contributed by atoms with Crippen molar-refractivity contribution in [1.29, 1.82) is 0 Å². The molecular formula is C18H16Cl3NO5. The molecule has 144 valence electrons. The number of hydrogen-bond acceptors (Lipinski definition) is 5. The fourth-order valence-electron chi connectivity index (χ4n) is 1.97. The van der Waals surface area contributed by atoms with Gasteiger partial charge in [0.2, 0.25) is 0 Å². The monoisotopic (exact) mass is 431 g/mol. The highest BCUT2D eigenvalue weighted by molar-refractivity contribution is 6.42. The quantitative estimate of drug-likeness (QED) is 0.492. The number of nitrogens with one attached hydrogen (secondary N) is 1. The molecule has 0 bridgehead atoms. The van der Waals surface area contributed by atoms with Gasteiger partial charge in [0.15, 0.2) is 6.61 Å². The van der Waals surface area contributed by atoms with Crippen LogP contribution in [0.4, 0.5) is 5.69 Å². The van der Waals surface area contributed by atoms with Crippen molar-refractivity contribution < 1.29 is 23.8 Å². The molecule has 0 aliphatic carbocycles. The second-order valence-corrected chi connectivity index (χ2v) is 6.48. The van der Waals surface area contributed by atoms with Gasteiger partial charge in [-0.2, -0.15) is 0 Å². The Bertz CT molecular complexity index is 788. The van der Waals surface area contributed by atoms with Crippen LogP contribution in [0.5, 0.6) is 5.75 Å². The third kappa shape index (κ3) is 6.59. The summed E-state index contributed by atoms with van der Waals surface area (Å²) < 4.78 is 14.9. The molecule has 0 aliphatic rings. The van der Waals surface area contributed by atoms with Crippen molar-refractivity contribution in [2.24, 2.45) is 0 Å². The number of amides is 1. The van der Waals surface area contributed by atoms with Gasteiger partial charge in [-0.05, 0) is 36.4 Å². The minimum Gasteiger partial charge on any atom is -0.482 e. The largest absolute Gasteiger partial charge is 0.482 e. The minimum absolute atomic E-state index is 0.160. The summed E-state index contributed by atoms with van der Waals surface area (Å²) in [7, 11) is 1.51. The minimum atomic E-state index is -0.513. The molecule has 0 saturated carbocycles. The third-order valence-electron chi connectivity index (χ3n) is 3.27. The van der Waals surface area contributed by atoms with Gasteiger partial charge in [0.1, 0.15) is 12.4 Å². The van der Waals surface area contributed by atoms with Crippen LogP contribution in [0.1, 0.15) is 10.4 Å². The van der Waals surface area contributed by atoms with Crippen LogP contribution in [-0.2, 0) is 14.3 Å². The van der Waals surface area contributed by atoms with Crippen LogP contribution in [0.15, 0.2) is 36.4 Å². The van der Waals surface area contributed by atoms with Crippen molar-refractivity contribution in [2.75, 3.05) is 32.2 Å². The number of methoxy groups -OCH3 is 1. The van der Waals surface area contributed by atoms with Crippen LogP contribution in [0, 0.1) is 0 Å². The Hall–Kier alpha value is -1.99. The first-order valence-corrected chi connectivity index (χ1v) is 8.87. The highest BCUT2D eigenvalue weighted by atomic mass is 35.5. The van der Waals surface area contributed by atoms with E-state index >= 15 is 0 Å². The zero-order chi connectivity index (χ0) is 19.8. The summed E-state index contributed by atoms with van der Waals surface area (Å²) in [5.74, 6) is -0.509. The van der Waals surface area contributed by atoms with Gasteiger partial charge in [-0.3, -0.25) is 4.79 Å². The average molecular weight is 433 g/mol. The molecule has 9 heteroatoms. The summed E-state index contributed by atoms with van der Waals surface area (Å²) in [6.07, 6.45) is 0. The first-order valence-electron chi connectivity index (χ1n) is 7.74. The maximum atomic E-state index is 12.3. The Morgan fingerprint density at radius 3 is 2.22 bits per heavy atom. The molecule has 2 rings (SSSR count). The van der Waals surface area contributed by atoms with Crippen LogP contribution in [0.2, 0.25) is 15.1 Å². The molecule has 0 radical (unpaired) electrons. The lowest BCUT2D eigenvalue weighted by Crippen LogP contribution is -2.17. The highest BCUT2D eigenvalue weighted by Crippen LogP contribution is 2.34. The third-order valence-corrected chi connectivity index (χ3v) is 4.08. The van der Waals surface area contributed by atoms with Gasteiger partial charge in [-0.1, -0.05) is 34.8 Å². The molecule has 0 fully saturated rings. The SMILES string of the molecule is COCCOC(=O)COc1ccc(C(=O)Nc2c(Cl)cc(Cl)cc2Cl)cc1. The van der Waals surface area contributed by atoms with E-state index in [1.54, 1.807) is 24.3 Å². The van der Waals surface area contributed by atoms with Gasteiger partial charge < -0.3 is 19.5 Å². The summed E-state index contributed by atoms with van der Waals surface area (Å²) in [4.78, 5) is 23.8. The van der Waals surface area contributed by atoms with Crippen LogP contribution in [0.3, 0.4) is 0 Å². The molecule has 0 unspecified atom stereocenters. The molecule has 6 nitrogen and oxygen atoms in total. The van der Waals surface area contributed by atoms with Crippen LogP contribution in [-0.4, -0.2) is 38.8 Å². The molecule has 2 aromatic rings. The van der Waals surface area contributed by atoms with Gasteiger partial charge in [0.05, 0.1) is 22.3 Å². The first kappa shape index (κ1) is 21.3. The van der Waals surface area contributed by atoms with Crippen molar-refractivity contribution in [3.63, 3.8) is 0 Å². The van der Waals surface area contributed by atoms with Gasteiger partial charge in [0, 0.05) is 17.7 Å². The van der Waals surface area contributed by atoms with E-state index in [0.717, 1.165) is 0 Å². The maximum absolute atomic E-state index is 12.3. The fraction of sp³-hybridized carbons (Fsp3) is 0.222. The number of benzene rings is 2. The second-order valence-electron chi connectivity index (χ2n) is 5.22. The molecular weight excluding hydrogens is 417 g/mol. The van der Waals surface area contributed by atoms with E-state index in [1.165, 1.54) is 19.2 Å². The molecule has 0 aromatic heterocycles. The molecule has 1 N–H and O–H groups in total. The maximum Gasteiger partial charge on any atom is 0.344 e. The van der Waals surface area contributed by atoms with Crippen molar-refractivity contribution in [1.82, 2.24) is 0 Å². The first-order chi connectivity index (χ1) is 12.9. The predicted molar refractivity (Wildman–Crippen MR) is 104 cm³/mol. The summed E-state index contributed by atoms with van der Waals surface area (Å²) >= 11 is 18.0.